The minimum Gasteiger partial charge on any atom is -0.457 e. The molecule has 0 saturated heterocycles. The van der Waals surface area contributed by atoms with Crippen LogP contribution in [0.2, 0.25) is 0 Å². The zero-order valence-electron chi connectivity index (χ0n) is 12.4. The van der Waals surface area contributed by atoms with Gasteiger partial charge in [-0.2, -0.15) is 0 Å². The standard InChI is InChI=1S/C16H15NO5S/c1-23(20,21)14-8-6-13(7-9-14)16(19)22-10-11-2-4-12(5-3-11)15(17)18/h2-9H,10H2,1H3,(H2,17,18). The van der Waals surface area contributed by atoms with Gasteiger partial charge in [-0.3, -0.25) is 4.79 Å². The van der Waals surface area contributed by atoms with Gasteiger partial charge in [0.25, 0.3) is 0 Å². The third-order valence-corrected chi connectivity index (χ3v) is 4.26. The number of amides is 1. The van der Waals surface area contributed by atoms with Crippen molar-refractivity contribution in [1.29, 1.82) is 0 Å². The molecule has 0 aliphatic carbocycles. The smallest absolute Gasteiger partial charge is 0.338 e. The second-order valence-electron chi connectivity index (χ2n) is 4.93. The number of nitrogens with two attached hydrogens (primary N) is 1. The van der Waals surface area contributed by atoms with E-state index < -0.39 is 21.7 Å². The fourth-order valence-electron chi connectivity index (χ4n) is 1.84. The van der Waals surface area contributed by atoms with Crippen LogP contribution in [-0.4, -0.2) is 26.6 Å². The number of hydrogen-bond acceptors (Lipinski definition) is 5. The summed E-state index contributed by atoms with van der Waals surface area (Å²) in [7, 11) is -3.30. The minimum absolute atomic E-state index is 0.0334. The van der Waals surface area contributed by atoms with Crippen molar-refractivity contribution >= 4 is 21.7 Å². The number of sulfone groups is 1. The number of carbonyl (C=O) groups excluding carboxylic acids is 2. The van der Waals surface area contributed by atoms with E-state index >= 15 is 0 Å². The van der Waals surface area contributed by atoms with E-state index in [1.54, 1.807) is 24.3 Å². The van der Waals surface area contributed by atoms with E-state index in [1.165, 1.54) is 24.3 Å². The number of rotatable bonds is 5. The summed E-state index contributed by atoms with van der Waals surface area (Å²) in [4.78, 5) is 23.0. The molecule has 23 heavy (non-hydrogen) atoms. The molecule has 0 heterocycles. The van der Waals surface area contributed by atoms with Crippen molar-refractivity contribution in [3.63, 3.8) is 0 Å². The highest BCUT2D eigenvalue weighted by Gasteiger charge is 2.11. The van der Waals surface area contributed by atoms with Crippen LogP contribution in [0.1, 0.15) is 26.3 Å². The topological polar surface area (TPSA) is 104 Å². The molecule has 7 heteroatoms. The van der Waals surface area contributed by atoms with E-state index in [9.17, 15) is 18.0 Å². The van der Waals surface area contributed by atoms with Gasteiger partial charge in [-0.1, -0.05) is 12.1 Å². The maximum absolute atomic E-state index is 11.9. The molecule has 0 aliphatic rings. The van der Waals surface area contributed by atoms with Gasteiger partial charge < -0.3 is 10.5 Å². The first-order chi connectivity index (χ1) is 10.8. The number of ether oxygens (including phenoxy) is 1. The van der Waals surface area contributed by atoms with E-state index in [2.05, 4.69) is 0 Å². The SMILES string of the molecule is CS(=O)(=O)c1ccc(C(=O)OCc2ccc(C(N)=O)cc2)cc1. The highest BCUT2D eigenvalue weighted by molar-refractivity contribution is 7.90. The molecule has 2 rings (SSSR count). The van der Waals surface area contributed by atoms with Crippen LogP contribution in [0.25, 0.3) is 0 Å². The Morgan fingerprint density at radius 3 is 1.96 bits per heavy atom. The van der Waals surface area contributed by atoms with Crippen LogP contribution in [0.4, 0.5) is 0 Å². The van der Waals surface area contributed by atoms with Crippen molar-refractivity contribution in [1.82, 2.24) is 0 Å². The van der Waals surface area contributed by atoms with Crippen molar-refractivity contribution < 1.29 is 22.7 Å². The average molecular weight is 333 g/mol. The number of primary amides is 1. The summed E-state index contributed by atoms with van der Waals surface area (Å²) < 4.78 is 27.8. The predicted octanol–water partition coefficient (Wildman–Crippen LogP) is 1.55. The Bertz CT molecular complexity index is 824. The molecule has 0 saturated carbocycles. The molecule has 0 fully saturated rings. The van der Waals surface area contributed by atoms with Gasteiger partial charge in [-0.25, -0.2) is 13.2 Å². The highest BCUT2D eigenvalue weighted by Crippen LogP contribution is 2.12. The quantitative estimate of drug-likeness (QED) is 0.836. The van der Waals surface area contributed by atoms with E-state index in [4.69, 9.17) is 10.5 Å². The van der Waals surface area contributed by atoms with Crippen LogP contribution in [0.15, 0.2) is 53.4 Å². The molecule has 2 aromatic carbocycles. The van der Waals surface area contributed by atoms with Gasteiger partial charge >= 0.3 is 5.97 Å². The molecular formula is C16H15NO5S. The monoisotopic (exact) mass is 333 g/mol. The maximum Gasteiger partial charge on any atom is 0.338 e. The first-order valence-electron chi connectivity index (χ1n) is 6.63. The Balaban J connectivity index is 2.00. The lowest BCUT2D eigenvalue weighted by atomic mass is 10.1. The molecule has 0 radical (unpaired) electrons. The fourth-order valence-corrected chi connectivity index (χ4v) is 2.47. The van der Waals surface area contributed by atoms with Crippen LogP contribution in [-0.2, 0) is 21.2 Å². The number of hydrogen-bond donors (Lipinski definition) is 1. The third-order valence-electron chi connectivity index (χ3n) is 3.13. The van der Waals surface area contributed by atoms with Crippen molar-refractivity contribution in [2.45, 2.75) is 11.5 Å². The first kappa shape index (κ1) is 16.7. The van der Waals surface area contributed by atoms with Gasteiger partial charge in [0.1, 0.15) is 6.61 Å². The second kappa shape index (κ2) is 6.62. The summed E-state index contributed by atoms with van der Waals surface area (Å²) in [5.74, 6) is -1.09. The average Bonchev–Trinajstić information content (AvgIpc) is 2.52. The zero-order chi connectivity index (χ0) is 17.0. The molecule has 0 spiro atoms. The van der Waals surface area contributed by atoms with Crippen LogP contribution in [0.3, 0.4) is 0 Å². The largest absolute Gasteiger partial charge is 0.457 e. The Hall–Kier alpha value is -2.67. The number of carbonyl (C=O) groups is 2. The van der Waals surface area contributed by atoms with Crippen LogP contribution in [0, 0.1) is 0 Å². The van der Waals surface area contributed by atoms with E-state index in [0.717, 1.165) is 6.26 Å². The molecule has 1 amide bonds. The third kappa shape index (κ3) is 4.40. The van der Waals surface area contributed by atoms with Gasteiger partial charge in [0, 0.05) is 11.8 Å². The second-order valence-corrected chi connectivity index (χ2v) is 6.95. The van der Waals surface area contributed by atoms with E-state index in [-0.39, 0.29) is 17.1 Å². The van der Waals surface area contributed by atoms with Gasteiger partial charge in [0.2, 0.25) is 5.91 Å². The van der Waals surface area contributed by atoms with E-state index in [1.807, 2.05) is 0 Å². The zero-order valence-corrected chi connectivity index (χ0v) is 13.2. The van der Waals surface area contributed by atoms with Gasteiger partial charge in [0.15, 0.2) is 9.84 Å². The molecular weight excluding hydrogens is 318 g/mol. The van der Waals surface area contributed by atoms with Gasteiger partial charge in [-0.15, -0.1) is 0 Å². The first-order valence-corrected chi connectivity index (χ1v) is 8.52. The molecule has 2 N–H and O–H groups in total. The lowest BCUT2D eigenvalue weighted by Crippen LogP contribution is -2.11. The summed E-state index contributed by atoms with van der Waals surface area (Å²) in [6.07, 6.45) is 1.09. The molecule has 0 aromatic heterocycles. The van der Waals surface area contributed by atoms with Crippen molar-refractivity contribution in [3.8, 4) is 0 Å². The van der Waals surface area contributed by atoms with Crippen molar-refractivity contribution in [2.75, 3.05) is 6.26 Å². The summed E-state index contributed by atoms with van der Waals surface area (Å²) >= 11 is 0. The molecule has 0 aliphatic heterocycles. The molecule has 2 aromatic rings. The van der Waals surface area contributed by atoms with Crippen molar-refractivity contribution in [2.24, 2.45) is 5.73 Å². The predicted molar refractivity (Wildman–Crippen MR) is 83.6 cm³/mol. The van der Waals surface area contributed by atoms with Crippen LogP contribution < -0.4 is 5.73 Å². The molecule has 120 valence electrons. The normalized spacial score (nSPS) is 11.0. The lowest BCUT2D eigenvalue weighted by molar-refractivity contribution is 0.0472. The van der Waals surface area contributed by atoms with Crippen LogP contribution in [0.5, 0.6) is 0 Å². The Labute approximate surface area is 133 Å². The minimum atomic E-state index is -3.30. The summed E-state index contributed by atoms with van der Waals surface area (Å²) in [6.45, 7) is 0.0334. The van der Waals surface area contributed by atoms with Gasteiger partial charge in [-0.05, 0) is 42.0 Å². The molecule has 0 unspecified atom stereocenters. The highest BCUT2D eigenvalue weighted by atomic mass is 32.2. The summed E-state index contributed by atoms with van der Waals surface area (Å²) in [5.41, 5.74) is 6.47. The van der Waals surface area contributed by atoms with Gasteiger partial charge in [0.05, 0.1) is 10.5 Å². The maximum atomic E-state index is 11.9. The van der Waals surface area contributed by atoms with E-state index in [0.29, 0.717) is 11.1 Å². The summed E-state index contributed by atoms with van der Waals surface area (Å²) in [6, 6.07) is 11.9. The fraction of sp³-hybridized carbons (Fsp3) is 0.125. The number of esters is 1. The lowest BCUT2D eigenvalue weighted by Gasteiger charge is -2.06. The molecule has 0 bridgehead atoms. The Morgan fingerprint density at radius 1 is 0.957 bits per heavy atom. The Kier molecular flexibility index (Phi) is 4.80. The van der Waals surface area contributed by atoms with Crippen molar-refractivity contribution in [3.05, 3.63) is 65.2 Å². The number of benzene rings is 2. The van der Waals surface area contributed by atoms with Crippen LogP contribution >= 0.6 is 0 Å². The Morgan fingerprint density at radius 2 is 1.48 bits per heavy atom. The summed E-state index contributed by atoms with van der Waals surface area (Å²) in [5, 5.41) is 0. The molecule has 0 atom stereocenters. The molecule has 6 nitrogen and oxygen atoms in total.